The lowest BCUT2D eigenvalue weighted by Gasteiger charge is -2.14. The van der Waals surface area contributed by atoms with Crippen molar-refractivity contribution in [3.8, 4) is 0 Å². The second-order valence-corrected chi connectivity index (χ2v) is 5.55. The minimum absolute atomic E-state index is 0.250. The van der Waals surface area contributed by atoms with Gasteiger partial charge in [-0.25, -0.2) is 4.79 Å². The normalized spacial score (nSPS) is 11.7. The highest BCUT2D eigenvalue weighted by molar-refractivity contribution is 9.10. The SMILES string of the molecule is COC(=O)C(CSc1cccc(Br)c1)NC(C)=O. The molecular formula is C12H14BrNO3S. The minimum atomic E-state index is -0.628. The van der Waals surface area contributed by atoms with Crippen LogP contribution >= 0.6 is 27.7 Å². The lowest BCUT2D eigenvalue weighted by Crippen LogP contribution is -2.42. The van der Waals surface area contributed by atoms with E-state index in [1.807, 2.05) is 24.3 Å². The van der Waals surface area contributed by atoms with Crippen LogP contribution < -0.4 is 5.32 Å². The van der Waals surface area contributed by atoms with Gasteiger partial charge in [0, 0.05) is 22.0 Å². The van der Waals surface area contributed by atoms with Crippen molar-refractivity contribution < 1.29 is 14.3 Å². The van der Waals surface area contributed by atoms with Gasteiger partial charge in [0.25, 0.3) is 0 Å². The van der Waals surface area contributed by atoms with Crippen LogP contribution in [0.2, 0.25) is 0 Å². The van der Waals surface area contributed by atoms with E-state index in [0.29, 0.717) is 5.75 Å². The number of benzene rings is 1. The Labute approximate surface area is 119 Å². The van der Waals surface area contributed by atoms with E-state index < -0.39 is 12.0 Å². The van der Waals surface area contributed by atoms with Gasteiger partial charge in [-0.1, -0.05) is 22.0 Å². The van der Waals surface area contributed by atoms with Crippen molar-refractivity contribution >= 4 is 39.6 Å². The Balaban J connectivity index is 2.61. The summed E-state index contributed by atoms with van der Waals surface area (Å²) in [7, 11) is 1.31. The van der Waals surface area contributed by atoms with Gasteiger partial charge in [-0.3, -0.25) is 4.79 Å². The summed E-state index contributed by atoms with van der Waals surface area (Å²) >= 11 is 4.86. The van der Waals surface area contributed by atoms with Crippen LogP contribution in [0.4, 0.5) is 0 Å². The maximum atomic E-state index is 11.5. The topological polar surface area (TPSA) is 55.4 Å². The van der Waals surface area contributed by atoms with Crippen LogP contribution in [0.15, 0.2) is 33.6 Å². The smallest absolute Gasteiger partial charge is 0.329 e. The van der Waals surface area contributed by atoms with E-state index in [1.54, 1.807) is 0 Å². The fourth-order valence-corrected chi connectivity index (χ4v) is 2.81. The van der Waals surface area contributed by atoms with Gasteiger partial charge in [-0.2, -0.15) is 0 Å². The number of rotatable bonds is 5. The third-order valence-corrected chi connectivity index (χ3v) is 3.66. The molecule has 0 aliphatic heterocycles. The number of hydrogen-bond donors (Lipinski definition) is 1. The molecule has 0 spiro atoms. The number of halogens is 1. The van der Waals surface area contributed by atoms with E-state index in [4.69, 9.17) is 0 Å². The molecule has 98 valence electrons. The molecule has 1 N–H and O–H groups in total. The number of carbonyl (C=O) groups excluding carboxylic acids is 2. The monoisotopic (exact) mass is 331 g/mol. The van der Waals surface area contributed by atoms with E-state index in [0.717, 1.165) is 9.37 Å². The predicted octanol–water partition coefficient (Wildman–Crippen LogP) is 2.22. The van der Waals surface area contributed by atoms with Gasteiger partial charge >= 0.3 is 5.97 Å². The van der Waals surface area contributed by atoms with E-state index in [9.17, 15) is 9.59 Å². The Morgan fingerprint density at radius 2 is 2.22 bits per heavy atom. The molecule has 1 amide bonds. The number of ether oxygens (including phenoxy) is 1. The first-order valence-corrected chi connectivity index (χ1v) is 7.04. The zero-order valence-corrected chi connectivity index (χ0v) is 12.5. The maximum Gasteiger partial charge on any atom is 0.329 e. The summed E-state index contributed by atoms with van der Waals surface area (Å²) in [5.41, 5.74) is 0. The number of amides is 1. The summed E-state index contributed by atoms with van der Waals surface area (Å²) in [6, 6.07) is 7.11. The molecule has 0 bridgehead atoms. The van der Waals surface area contributed by atoms with E-state index in [1.165, 1.54) is 25.8 Å². The fourth-order valence-electron chi connectivity index (χ4n) is 1.29. The summed E-state index contributed by atoms with van der Waals surface area (Å²) in [6.45, 7) is 1.37. The molecule has 0 fully saturated rings. The predicted molar refractivity (Wildman–Crippen MR) is 74.5 cm³/mol. The third kappa shape index (κ3) is 5.10. The number of hydrogen-bond acceptors (Lipinski definition) is 4. The highest BCUT2D eigenvalue weighted by Gasteiger charge is 2.20. The van der Waals surface area contributed by atoms with E-state index in [-0.39, 0.29) is 5.91 Å². The molecule has 0 saturated carbocycles. The summed E-state index contributed by atoms with van der Waals surface area (Å²) in [5, 5.41) is 2.57. The van der Waals surface area contributed by atoms with Crippen LogP contribution in [0.3, 0.4) is 0 Å². The highest BCUT2D eigenvalue weighted by atomic mass is 79.9. The Morgan fingerprint density at radius 1 is 1.50 bits per heavy atom. The number of carbonyl (C=O) groups is 2. The molecule has 1 unspecified atom stereocenters. The molecule has 0 saturated heterocycles. The van der Waals surface area contributed by atoms with Gasteiger partial charge in [0.2, 0.25) is 5.91 Å². The molecule has 1 rings (SSSR count). The van der Waals surface area contributed by atoms with Crippen molar-refractivity contribution in [3.63, 3.8) is 0 Å². The zero-order valence-electron chi connectivity index (χ0n) is 10.1. The van der Waals surface area contributed by atoms with Crippen LogP contribution in [-0.4, -0.2) is 30.8 Å². The molecule has 1 atom stereocenters. The van der Waals surface area contributed by atoms with Crippen LogP contribution in [0, 0.1) is 0 Å². The third-order valence-electron chi connectivity index (χ3n) is 2.08. The van der Waals surface area contributed by atoms with E-state index >= 15 is 0 Å². The molecule has 1 aromatic rings. The van der Waals surface area contributed by atoms with Crippen LogP contribution in [0.5, 0.6) is 0 Å². The van der Waals surface area contributed by atoms with Crippen LogP contribution in [0.25, 0.3) is 0 Å². The van der Waals surface area contributed by atoms with Crippen LogP contribution in [0.1, 0.15) is 6.92 Å². The Kier molecular flexibility index (Phi) is 6.21. The Hall–Kier alpha value is -1.01. The average molecular weight is 332 g/mol. The molecular weight excluding hydrogens is 318 g/mol. The number of nitrogens with one attached hydrogen (secondary N) is 1. The van der Waals surface area contributed by atoms with Crippen molar-refractivity contribution in [1.29, 1.82) is 0 Å². The quantitative estimate of drug-likeness (QED) is 0.664. The van der Waals surface area contributed by atoms with Gasteiger partial charge in [0.05, 0.1) is 7.11 Å². The number of esters is 1. The van der Waals surface area contributed by atoms with Crippen molar-refractivity contribution in [2.24, 2.45) is 0 Å². The molecule has 0 aliphatic carbocycles. The molecule has 4 nitrogen and oxygen atoms in total. The summed E-state index contributed by atoms with van der Waals surface area (Å²) in [4.78, 5) is 23.5. The van der Waals surface area contributed by atoms with Gasteiger partial charge in [-0.05, 0) is 18.2 Å². The van der Waals surface area contributed by atoms with E-state index in [2.05, 4.69) is 26.0 Å². The van der Waals surface area contributed by atoms with Gasteiger partial charge < -0.3 is 10.1 Å². The molecule has 0 aromatic heterocycles. The first-order chi connectivity index (χ1) is 8.52. The standard InChI is InChI=1S/C12H14BrNO3S/c1-8(15)14-11(12(16)17-2)7-18-10-5-3-4-9(13)6-10/h3-6,11H,7H2,1-2H3,(H,14,15). The van der Waals surface area contributed by atoms with Crippen molar-refractivity contribution in [1.82, 2.24) is 5.32 Å². The van der Waals surface area contributed by atoms with Gasteiger partial charge in [0.1, 0.15) is 6.04 Å². The lowest BCUT2D eigenvalue weighted by molar-refractivity contribution is -0.144. The summed E-state index contributed by atoms with van der Waals surface area (Å²) in [6.07, 6.45) is 0. The Morgan fingerprint density at radius 3 is 2.78 bits per heavy atom. The van der Waals surface area contributed by atoms with Gasteiger partial charge in [0.15, 0.2) is 0 Å². The molecule has 0 heterocycles. The van der Waals surface area contributed by atoms with Crippen molar-refractivity contribution in [2.45, 2.75) is 17.9 Å². The van der Waals surface area contributed by atoms with Crippen molar-refractivity contribution in [2.75, 3.05) is 12.9 Å². The minimum Gasteiger partial charge on any atom is -0.467 e. The summed E-state index contributed by atoms with van der Waals surface area (Å²) < 4.78 is 5.62. The lowest BCUT2D eigenvalue weighted by atomic mass is 10.3. The highest BCUT2D eigenvalue weighted by Crippen LogP contribution is 2.22. The average Bonchev–Trinajstić information content (AvgIpc) is 2.33. The Bertz CT molecular complexity index is 439. The molecule has 0 radical (unpaired) electrons. The molecule has 6 heteroatoms. The number of methoxy groups -OCH3 is 1. The largest absolute Gasteiger partial charge is 0.467 e. The second kappa shape index (κ2) is 7.43. The molecule has 18 heavy (non-hydrogen) atoms. The number of thioether (sulfide) groups is 1. The van der Waals surface area contributed by atoms with Gasteiger partial charge in [-0.15, -0.1) is 11.8 Å². The fraction of sp³-hybridized carbons (Fsp3) is 0.333. The van der Waals surface area contributed by atoms with Crippen LogP contribution in [-0.2, 0) is 14.3 Å². The van der Waals surface area contributed by atoms with Crippen molar-refractivity contribution in [3.05, 3.63) is 28.7 Å². The zero-order chi connectivity index (χ0) is 13.5. The second-order valence-electron chi connectivity index (χ2n) is 3.54. The summed E-state index contributed by atoms with van der Waals surface area (Å²) in [5.74, 6) is -0.254. The maximum absolute atomic E-state index is 11.5. The first kappa shape index (κ1) is 15.0. The first-order valence-electron chi connectivity index (χ1n) is 5.26. The molecule has 0 aliphatic rings. The molecule has 1 aromatic carbocycles.